The molecule has 0 aliphatic carbocycles. The predicted octanol–water partition coefficient (Wildman–Crippen LogP) is 15.3. The van der Waals surface area contributed by atoms with E-state index >= 15 is 0 Å². The molecule has 0 aromatic carbocycles. The highest BCUT2D eigenvalue weighted by Crippen LogP contribution is 2.16. The molecule has 0 fully saturated rings. The molecule has 0 rings (SSSR count). The smallest absolute Gasteiger partial charge is 0.306 e. The summed E-state index contributed by atoms with van der Waals surface area (Å²) >= 11 is 0. The van der Waals surface area contributed by atoms with Gasteiger partial charge in [0.1, 0.15) is 6.10 Å². The number of aliphatic hydroxyl groups excluding tert-OH is 2. The van der Waals surface area contributed by atoms with Gasteiger partial charge in [-0.25, -0.2) is 0 Å². The van der Waals surface area contributed by atoms with E-state index in [0.29, 0.717) is 19.3 Å². The lowest BCUT2D eigenvalue weighted by Crippen LogP contribution is -2.46. The van der Waals surface area contributed by atoms with E-state index in [1.165, 1.54) is 64.2 Å². The Hall–Kier alpha value is -3.74. The molecule has 6 nitrogen and oxygen atoms in total. The lowest BCUT2D eigenvalue weighted by molar-refractivity contribution is -0.151. The topological polar surface area (TPSA) is 95.9 Å². The van der Waals surface area contributed by atoms with E-state index in [0.717, 1.165) is 89.9 Å². The Labute approximate surface area is 387 Å². The molecule has 356 valence electrons. The van der Waals surface area contributed by atoms with Crippen molar-refractivity contribution in [2.24, 2.45) is 0 Å². The van der Waals surface area contributed by atoms with E-state index in [-0.39, 0.29) is 24.9 Å². The first kappa shape index (κ1) is 59.3. The Morgan fingerprint density at radius 3 is 1.49 bits per heavy atom. The van der Waals surface area contributed by atoms with Gasteiger partial charge in [-0.1, -0.05) is 232 Å². The maximum atomic E-state index is 13.2. The summed E-state index contributed by atoms with van der Waals surface area (Å²) in [5, 5.41) is 23.7. The molecule has 6 heteroatoms. The van der Waals surface area contributed by atoms with Crippen molar-refractivity contribution in [3.05, 3.63) is 122 Å². The monoisotopic (exact) mass is 872 g/mol. The van der Waals surface area contributed by atoms with Gasteiger partial charge in [-0.05, 0) is 77.0 Å². The zero-order valence-corrected chi connectivity index (χ0v) is 40.4. The minimum Gasteiger partial charge on any atom is -0.462 e. The molecule has 1 amide bonds. The summed E-state index contributed by atoms with van der Waals surface area (Å²) in [4.78, 5) is 26.1. The highest BCUT2D eigenvalue weighted by Gasteiger charge is 2.24. The summed E-state index contributed by atoms with van der Waals surface area (Å²) in [5.74, 6) is -0.593. The SMILES string of the molecule is CC\C=C/C=C/C=C/C=C\C=C\C=C\CCCCCC(=O)OC(CCC/C=C/C/C=C/C/C=C/C/C=C/CC)CC(=O)NC(CO)C(O)CCCCCCCCCCCCCCC. The van der Waals surface area contributed by atoms with Gasteiger partial charge in [0.15, 0.2) is 0 Å². The van der Waals surface area contributed by atoms with Crippen LogP contribution in [0.3, 0.4) is 0 Å². The molecular formula is C57H93NO5. The van der Waals surface area contributed by atoms with Crippen molar-refractivity contribution in [1.29, 1.82) is 0 Å². The molecular weight excluding hydrogens is 779 g/mol. The lowest BCUT2D eigenvalue weighted by Gasteiger charge is -2.24. The fourth-order valence-corrected chi connectivity index (χ4v) is 6.93. The lowest BCUT2D eigenvalue weighted by atomic mass is 10.0. The number of amides is 1. The number of hydrogen-bond acceptors (Lipinski definition) is 5. The molecule has 0 aromatic rings. The average Bonchev–Trinajstić information content (AvgIpc) is 3.28. The van der Waals surface area contributed by atoms with Gasteiger partial charge in [-0.15, -0.1) is 0 Å². The van der Waals surface area contributed by atoms with E-state index in [1.807, 2.05) is 60.8 Å². The highest BCUT2D eigenvalue weighted by atomic mass is 16.5. The fourth-order valence-electron chi connectivity index (χ4n) is 6.93. The van der Waals surface area contributed by atoms with Gasteiger partial charge < -0.3 is 20.3 Å². The number of aliphatic hydroxyl groups is 2. The fraction of sp³-hybridized carbons (Fsp3) is 0.614. The van der Waals surface area contributed by atoms with Gasteiger partial charge in [-0.3, -0.25) is 9.59 Å². The normalized spacial score (nSPS) is 14.3. The molecule has 0 saturated heterocycles. The van der Waals surface area contributed by atoms with Gasteiger partial charge in [-0.2, -0.15) is 0 Å². The van der Waals surface area contributed by atoms with E-state index in [1.54, 1.807) is 0 Å². The Kier molecular flexibility index (Phi) is 46.4. The van der Waals surface area contributed by atoms with Crippen molar-refractivity contribution >= 4 is 11.9 Å². The quantitative estimate of drug-likeness (QED) is 0.0245. The third-order valence-electron chi connectivity index (χ3n) is 10.7. The first-order valence-electron chi connectivity index (χ1n) is 25.3. The molecule has 0 aliphatic rings. The molecule has 0 spiro atoms. The number of esters is 1. The second-order valence-corrected chi connectivity index (χ2v) is 16.6. The molecule has 0 bridgehead atoms. The van der Waals surface area contributed by atoms with Crippen molar-refractivity contribution < 1.29 is 24.5 Å². The van der Waals surface area contributed by atoms with Crippen LogP contribution in [0.15, 0.2) is 122 Å². The molecule has 0 aromatic heterocycles. The second-order valence-electron chi connectivity index (χ2n) is 16.6. The number of carbonyl (C=O) groups is 2. The van der Waals surface area contributed by atoms with E-state index in [4.69, 9.17) is 4.74 Å². The van der Waals surface area contributed by atoms with E-state index in [9.17, 15) is 19.8 Å². The molecule has 0 saturated carbocycles. The minimum atomic E-state index is -0.818. The van der Waals surface area contributed by atoms with Crippen molar-refractivity contribution in [1.82, 2.24) is 5.32 Å². The predicted molar refractivity (Wildman–Crippen MR) is 273 cm³/mol. The van der Waals surface area contributed by atoms with Crippen molar-refractivity contribution in [3.8, 4) is 0 Å². The van der Waals surface area contributed by atoms with Crippen LogP contribution in [0.4, 0.5) is 0 Å². The van der Waals surface area contributed by atoms with Crippen LogP contribution in [0.5, 0.6) is 0 Å². The van der Waals surface area contributed by atoms with Crippen LogP contribution >= 0.6 is 0 Å². The number of hydrogen-bond donors (Lipinski definition) is 3. The van der Waals surface area contributed by atoms with Crippen LogP contribution in [0.1, 0.15) is 201 Å². The standard InChI is InChI=1S/C57H93NO5/c1-4-7-10-13-16-19-22-25-27-28-29-32-35-38-41-44-47-50-57(62)63-53(48-45-42-39-36-33-31-26-23-20-17-14-11-8-5-2)51-56(61)58-54(52-59)55(60)49-46-43-40-37-34-30-24-21-18-15-12-9-6-3/h7-8,10-11,13,16-17,19-20,22,25-29,31-32,35-36,39,53-55,59-60H,4-6,9,12,14-15,18,21,23-24,30,33-34,37-38,40-52H2,1-3H3,(H,58,61)/b10-7-,11-8+,16-13+,20-17+,22-19+,27-25-,29-28+,31-26+,35-32+,39-36+. The van der Waals surface area contributed by atoms with Crippen LogP contribution in [0.25, 0.3) is 0 Å². The van der Waals surface area contributed by atoms with E-state index < -0.39 is 18.2 Å². The summed E-state index contributed by atoms with van der Waals surface area (Å²) in [6.45, 7) is 6.18. The van der Waals surface area contributed by atoms with Crippen molar-refractivity contribution in [3.63, 3.8) is 0 Å². The summed E-state index contributed by atoms with van der Waals surface area (Å²) in [7, 11) is 0. The van der Waals surface area contributed by atoms with Crippen LogP contribution < -0.4 is 5.32 Å². The largest absolute Gasteiger partial charge is 0.462 e. The van der Waals surface area contributed by atoms with Gasteiger partial charge >= 0.3 is 5.97 Å². The third-order valence-corrected chi connectivity index (χ3v) is 10.7. The number of carbonyl (C=O) groups excluding carboxylic acids is 2. The number of unbranched alkanes of at least 4 members (excludes halogenated alkanes) is 16. The van der Waals surface area contributed by atoms with Crippen LogP contribution in [0, 0.1) is 0 Å². The van der Waals surface area contributed by atoms with Crippen LogP contribution in [-0.4, -0.2) is 46.9 Å². The van der Waals surface area contributed by atoms with Gasteiger partial charge in [0, 0.05) is 6.42 Å². The Bertz CT molecular complexity index is 1350. The number of rotatable bonds is 43. The maximum Gasteiger partial charge on any atom is 0.306 e. The van der Waals surface area contributed by atoms with Crippen molar-refractivity contribution in [2.45, 2.75) is 219 Å². The first-order chi connectivity index (χ1) is 31.0. The molecule has 0 aliphatic heterocycles. The summed E-state index contributed by atoms with van der Waals surface area (Å²) in [6, 6.07) is -0.737. The van der Waals surface area contributed by atoms with E-state index in [2.05, 4.69) is 86.8 Å². The minimum absolute atomic E-state index is 0.0133. The first-order valence-corrected chi connectivity index (χ1v) is 25.3. The van der Waals surface area contributed by atoms with Gasteiger partial charge in [0.2, 0.25) is 5.91 Å². The number of allylic oxidation sites excluding steroid dienone is 20. The zero-order valence-electron chi connectivity index (χ0n) is 40.4. The molecule has 3 unspecified atom stereocenters. The maximum absolute atomic E-state index is 13.2. The summed E-state index contributed by atoms with van der Waals surface area (Å²) < 4.78 is 5.88. The summed E-state index contributed by atoms with van der Waals surface area (Å²) in [6.07, 6.45) is 68.2. The second kappa shape index (κ2) is 49.3. The number of nitrogens with one attached hydrogen (secondary N) is 1. The zero-order chi connectivity index (χ0) is 45.9. The van der Waals surface area contributed by atoms with Crippen LogP contribution in [0.2, 0.25) is 0 Å². The van der Waals surface area contributed by atoms with Gasteiger partial charge in [0.25, 0.3) is 0 Å². The Morgan fingerprint density at radius 1 is 0.492 bits per heavy atom. The molecule has 0 radical (unpaired) electrons. The Morgan fingerprint density at radius 2 is 0.952 bits per heavy atom. The molecule has 3 N–H and O–H groups in total. The summed E-state index contributed by atoms with van der Waals surface area (Å²) in [5.41, 5.74) is 0. The average molecular weight is 872 g/mol. The van der Waals surface area contributed by atoms with Crippen LogP contribution in [-0.2, 0) is 14.3 Å². The third kappa shape index (κ3) is 44.7. The highest BCUT2D eigenvalue weighted by molar-refractivity contribution is 5.77. The Balaban J connectivity index is 4.79. The molecule has 63 heavy (non-hydrogen) atoms. The number of ether oxygens (including phenoxy) is 1. The van der Waals surface area contributed by atoms with Crippen molar-refractivity contribution in [2.75, 3.05) is 6.61 Å². The molecule has 3 atom stereocenters. The molecule has 0 heterocycles. The van der Waals surface area contributed by atoms with Gasteiger partial charge in [0.05, 0.1) is 25.2 Å².